The van der Waals surface area contributed by atoms with Gasteiger partial charge in [0.15, 0.2) is 5.82 Å². The summed E-state index contributed by atoms with van der Waals surface area (Å²) in [6.45, 7) is 2.15. The van der Waals surface area contributed by atoms with Crippen molar-refractivity contribution in [1.29, 1.82) is 5.26 Å². The minimum atomic E-state index is -4.25. The third-order valence-electron chi connectivity index (χ3n) is 5.66. The number of alkyl halides is 3. The Kier molecular flexibility index (Phi) is 5.46. The highest BCUT2D eigenvalue weighted by Gasteiger charge is 2.64. The number of nitriles is 1. The number of nitrogens with one attached hydrogen (secondary N) is 1. The van der Waals surface area contributed by atoms with Crippen molar-refractivity contribution in [2.24, 2.45) is 0 Å². The predicted molar refractivity (Wildman–Crippen MR) is 111 cm³/mol. The summed E-state index contributed by atoms with van der Waals surface area (Å²) < 4.78 is 41.3. The maximum absolute atomic E-state index is 13.2. The van der Waals surface area contributed by atoms with Gasteiger partial charge < -0.3 is 5.32 Å². The van der Waals surface area contributed by atoms with E-state index in [9.17, 15) is 18.0 Å². The predicted octanol–water partition coefficient (Wildman–Crippen LogP) is 4.28. The standard InChI is InChI=1S/C23H20F3N5O/c1-15-2-7-18(28-19(15)13-27)14-31-11-8-20(30-31)29-21(32)12-16-3-5-17(6-4-16)22(9-10-22)23(24,25)26/h2-8,11H,9-10,12,14H2,1H3,(H,29,30,32). The van der Waals surface area contributed by atoms with E-state index in [-0.39, 0.29) is 30.7 Å². The summed E-state index contributed by atoms with van der Waals surface area (Å²) in [5.41, 5.74) is 0.968. The number of anilines is 1. The summed E-state index contributed by atoms with van der Waals surface area (Å²) >= 11 is 0. The van der Waals surface area contributed by atoms with E-state index < -0.39 is 11.6 Å². The smallest absolute Gasteiger partial charge is 0.309 e. The number of nitrogens with zero attached hydrogens (tertiary/aromatic N) is 4. The number of pyridine rings is 1. The molecule has 2 heterocycles. The first-order valence-corrected chi connectivity index (χ1v) is 10.1. The summed E-state index contributed by atoms with van der Waals surface area (Å²) in [6.07, 6.45) is -2.33. The van der Waals surface area contributed by atoms with E-state index in [1.54, 1.807) is 29.1 Å². The van der Waals surface area contributed by atoms with E-state index in [4.69, 9.17) is 5.26 Å². The molecule has 1 aromatic carbocycles. The van der Waals surface area contributed by atoms with Crippen LogP contribution in [0, 0.1) is 18.3 Å². The zero-order chi connectivity index (χ0) is 22.9. The minimum absolute atomic E-state index is 0.0250. The topological polar surface area (TPSA) is 83.6 Å². The van der Waals surface area contributed by atoms with Gasteiger partial charge in [-0.1, -0.05) is 30.3 Å². The van der Waals surface area contributed by atoms with Crippen molar-refractivity contribution < 1.29 is 18.0 Å². The maximum atomic E-state index is 13.2. The second kappa shape index (κ2) is 8.11. The van der Waals surface area contributed by atoms with Crippen LogP contribution < -0.4 is 5.32 Å². The van der Waals surface area contributed by atoms with Crippen molar-refractivity contribution in [3.8, 4) is 6.07 Å². The first kappa shape index (κ1) is 21.6. The number of benzene rings is 1. The van der Waals surface area contributed by atoms with Gasteiger partial charge in [-0.25, -0.2) is 4.98 Å². The van der Waals surface area contributed by atoms with Crippen LogP contribution in [0.5, 0.6) is 0 Å². The van der Waals surface area contributed by atoms with Crippen molar-refractivity contribution in [2.45, 2.75) is 44.3 Å². The number of hydrogen-bond donors (Lipinski definition) is 1. The van der Waals surface area contributed by atoms with Gasteiger partial charge in [-0.05, 0) is 42.5 Å². The summed E-state index contributed by atoms with van der Waals surface area (Å²) in [5, 5.41) is 16.1. The van der Waals surface area contributed by atoms with Crippen molar-refractivity contribution in [1.82, 2.24) is 14.8 Å². The Labute approximate surface area is 182 Å². The quantitative estimate of drug-likeness (QED) is 0.621. The van der Waals surface area contributed by atoms with Gasteiger partial charge in [0.1, 0.15) is 11.8 Å². The summed E-state index contributed by atoms with van der Waals surface area (Å²) in [7, 11) is 0. The lowest BCUT2D eigenvalue weighted by molar-refractivity contribution is -0.160. The lowest BCUT2D eigenvalue weighted by Gasteiger charge is -2.19. The fourth-order valence-corrected chi connectivity index (χ4v) is 3.63. The van der Waals surface area contributed by atoms with Crippen LogP contribution in [-0.4, -0.2) is 26.8 Å². The highest BCUT2D eigenvalue weighted by Crippen LogP contribution is 2.58. The van der Waals surface area contributed by atoms with Crippen molar-refractivity contribution in [2.75, 3.05) is 5.32 Å². The van der Waals surface area contributed by atoms with Crippen LogP contribution in [0.2, 0.25) is 0 Å². The Morgan fingerprint density at radius 3 is 2.53 bits per heavy atom. The van der Waals surface area contributed by atoms with Gasteiger partial charge >= 0.3 is 6.18 Å². The third kappa shape index (κ3) is 4.35. The molecule has 0 bridgehead atoms. The molecule has 1 amide bonds. The molecule has 164 valence electrons. The zero-order valence-electron chi connectivity index (χ0n) is 17.3. The number of rotatable bonds is 6. The number of carbonyl (C=O) groups is 1. The molecule has 9 heteroatoms. The van der Waals surface area contributed by atoms with Gasteiger partial charge in [-0.15, -0.1) is 0 Å². The molecule has 0 saturated heterocycles. The molecule has 6 nitrogen and oxygen atoms in total. The summed E-state index contributed by atoms with van der Waals surface area (Å²) in [6, 6.07) is 13.4. The number of carbonyl (C=O) groups excluding carboxylic acids is 1. The van der Waals surface area contributed by atoms with E-state index in [0.717, 1.165) is 5.56 Å². The molecule has 0 radical (unpaired) electrons. The molecule has 1 aliphatic carbocycles. The van der Waals surface area contributed by atoms with Gasteiger partial charge in [-0.2, -0.15) is 23.5 Å². The number of halogens is 3. The lowest BCUT2D eigenvalue weighted by Crippen LogP contribution is -2.28. The fourth-order valence-electron chi connectivity index (χ4n) is 3.63. The largest absolute Gasteiger partial charge is 0.398 e. The lowest BCUT2D eigenvalue weighted by atomic mass is 9.94. The molecule has 0 atom stereocenters. The molecular weight excluding hydrogens is 419 g/mol. The average molecular weight is 439 g/mol. The maximum Gasteiger partial charge on any atom is 0.398 e. The molecule has 1 aliphatic rings. The monoisotopic (exact) mass is 439 g/mol. The molecule has 1 N–H and O–H groups in total. The molecule has 2 aromatic heterocycles. The highest BCUT2D eigenvalue weighted by molar-refractivity contribution is 5.91. The highest BCUT2D eigenvalue weighted by atomic mass is 19.4. The van der Waals surface area contributed by atoms with Crippen molar-refractivity contribution >= 4 is 11.7 Å². The SMILES string of the molecule is Cc1ccc(Cn2ccc(NC(=O)Cc3ccc(C4(C(F)(F)F)CC4)cc3)n2)nc1C#N. The number of aryl methyl sites for hydroxylation is 1. The minimum Gasteiger partial charge on any atom is -0.309 e. The molecule has 1 fully saturated rings. The van der Waals surface area contributed by atoms with Crippen LogP contribution in [0.15, 0.2) is 48.7 Å². The van der Waals surface area contributed by atoms with Crippen molar-refractivity contribution in [3.63, 3.8) is 0 Å². The van der Waals surface area contributed by atoms with Crippen LogP contribution in [0.3, 0.4) is 0 Å². The second-order valence-corrected chi connectivity index (χ2v) is 7.98. The molecule has 0 unspecified atom stereocenters. The van der Waals surface area contributed by atoms with Crippen LogP contribution >= 0.6 is 0 Å². The Morgan fingerprint density at radius 2 is 1.91 bits per heavy atom. The molecule has 0 aliphatic heterocycles. The normalized spacial score (nSPS) is 14.6. The average Bonchev–Trinajstić information content (AvgIpc) is 3.46. The van der Waals surface area contributed by atoms with E-state index >= 15 is 0 Å². The Balaban J connectivity index is 1.35. The summed E-state index contributed by atoms with van der Waals surface area (Å²) in [4.78, 5) is 16.6. The molecule has 1 saturated carbocycles. The van der Waals surface area contributed by atoms with Gasteiger partial charge in [0.25, 0.3) is 0 Å². The first-order chi connectivity index (χ1) is 15.2. The van der Waals surface area contributed by atoms with Gasteiger partial charge in [-0.3, -0.25) is 9.48 Å². The molecule has 0 spiro atoms. The van der Waals surface area contributed by atoms with E-state index in [2.05, 4.69) is 15.4 Å². The number of amides is 1. The number of hydrogen-bond acceptors (Lipinski definition) is 4. The molecule has 32 heavy (non-hydrogen) atoms. The van der Waals surface area contributed by atoms with Crippen LogP contribution in [0.25, 0.3) is 0 Å². The first-order valence-electron chi connectivity index (χ1n) is 10.1. The Hall–Kier alpha value is -3.67. The fraction of sp³-hybridized carbons (Fsp3) is 0.304. The zero-order valence-corrected chi connectivity index (χ0v) is 17.3. The van der Waals surface area contributed by atoms with Gasteiger partial charge in [0, 0.05) is 12.3 Å². The van der Waals surface area contributed by atoms with Gasteiger partial charge in [0.2, 0.25) is 5.91 Å². The van der Waals surface area contributed by atoms with Gasteiger partial charge in [0.05, 0.1) is 24.1 Å². The summed E-state index contributed by atoms with van der Waals surface area (Å²) in [5.74, 6) is 0.0356. The Bertz CT molecular complexity index is 1190. The van der Waals surface area contributed by atoms with Crippen molar-refractivity contribution in [3.05, 3.63) is 76.7 Å². The molecular formula is C23H20F3N5O. The van der Waals surface area contributed by atoms with Crippen LogP contribution in [0.1, 0.15) is 40.9 Å². The van der Waals surface area contributed by atoms with E-state index in [1.807, 2.05) is 25.1 Å². The third-order valence-corrected chi connectivity index (χ3v) is 5.66. The van der Waals surface area contributed by atoms with Crippen LogP contribution in [-0.2, 0) is 23.2 Å². The van der Waals surface area contributed by atoms with E-state index in [1.165, 1.54) is 12.1 Å². The molecule has 4 rings (SSSR count). The van der Waals surface area contributed by atoms with Crippen LogP contribution in [0.4, 0.5) is 19.0 Å². The second-order valence-electron chi connectivity index (χ2n) is 7.98. The molecule has 3 aromatic rings. The Morgan fingerprint density at radius 1 is 1.19 bits per heavy atom. The number of aromatic nitrogens is 3. The van der Waals surface area contributed by atoms with E-state index in [0.29, 0.717) is 29.3 Å².